The Hall–Kier alpha value is -1.49. The number of rotatable bonds is 6. The third-order valence-corrected chi connectivity index (χ3v) is 3.80. The summed E-state index contributed by atoms with van der Waals surface area (Å²) in [7, 11) is 2.00. The van der Waals surface area contributed by atoms with Gasteiger partial charge in [0.2, 0.25) is 0 Å². The van der Waals surface area contributed by atoms with Gasteiger partial charge < -0.3 is 9.42 Å². The van der Waals surface area contributed by atoms with Gasteiger partial charge in [-0.1, -0.05) is 18.2 Å². The highest BCUT2D eigenvalue weighted by Gasteiger charge is 2.16. The standard InChI is InChI=1S/C14H19N3OS/c1-11(9-10-19-3)17(2)14-15-13(18-16-14)12-7-5-4-6-8-12/h4-8,11H,9-10H2,1-3H3. The van der Waals surface area contributed by atoms with Crippen LogP contribution in [0.1, 0.15) is 13.3 Å². The Morgan fingerprint density at radius 2 is 2.05 bits per heavy atom. The largest absolute Gasteiger partial charge is 0.339 e. The number of benzene rings is 1. The lowest BCUT2D eigenvalue weighted by Crippen LogP contribution is -2.30. The van der Waals surface area contributed by atoms with Crippen molar-refractivity contribution in [3.05, 3.63) is 30.3 Å². The molecule has 0 spiro atoms. The summed E-state index contributed by atoms with van der Waals surface area (Å²) in [6.45, 7) is 2.18. The highest BCUT2D eigenvalue weighted by molar-refractivity contribution is 7.98. The van der Waals surface area contributed by atoms with Gasteiger partial charge in [-0.05, 0) is 42.6 Å². The first kappa shape index (κ1) is 13.9. The van der Waals surface area contributed by atoms with E-state index in [2.05, 4.69) is 28.2 Å². The number of aromatic nitrogens is 2. The molecule has 1 unspecified atom stereocenters. The highest BCUT2D eigenvalue weighted by atomic mass is 32.2. The fourth-order valence-corrected chi connectivity index (χ4v) is 2.31. The van der Waals surface area contributed by atoms with Gasteiger partial charge in [0.1, 0.15) is 0 Å². The van der Waals surface area contributed by atoms with Gasteiger partial charge in [0, 0.05) is 18.7 Å². The molecule has 1 aromatic heterocycles. The van der Waals surface area contributed by atoms with Gasteiger partial charge in [-0.25, -0.2) is 0 Å². The quantitative estimate of drug-likeness (QED) is 0.810. The molecule has 0 saturated carbocycles. The predicted octanol–water partition coefficient (Wildman–Crippen LogP) is 3.31. The van der Waals surface area contributed by atoms with Gasteiger partial charge in [0.25, 0.3) is 11.8 Å². The van der Waals surface area contributed by atoms with Crippen LogP contribution < -0.4 is 4.90 Å². The summed E-state index contributed by atoms with van der Waals surface area (Å²) in [5, 5.41) is 4.05. The van der Waals surface area contributed by atoms with Crippen LogP contribution in [0.3, 0.4) is 0 Å². The molecule has 0 amide bonds. The third kappa shape index (κ3) is 3.50. The Labute approximate surface area is 118 Å². The Kier molecular flexibility index (Phi) is 4.85. The molecule has 2 rings (SSSR count). The van der Waals surface area contributed by atoms with E-state index in [1.807, 2.05) is 49.1 Å². The van der Waals surface area contributed by atoms with E-state index < -0.39 is 0 Å². The van der Waals surface area contributed by atoms with Crippen LogP contribution in [-0.4, -0.2) is 35.2 Å². The third-order valence-electron chi connectivity index (χ3n) is 3.15. The lowest BCUT2D eigenvalue weighted by Gasteiger charge is -2.22. The van der Waals surface area contributed by atoms with Crippen LogP contribution in [0.5, 0.6) is 0 Å². The van der Waals surface area contributed by atoms with Gasteiger partial charge in [-0.3, -0.25) is 0 Å². The Bertz CT molecular complexity index is 500. The maximum Gasteiger partial charge on any atom is 0.266 e. The zero-order valence-corrected chi connectivity index (χ0v) is 12.4. The average Bonchev–Trinajstić information content (AvgIpc) is 2.94. The van der Waals surface area contributed by atoms with E-state index >= 15 is 0 Å². The summed E-state index contributed by atoms with van der Waals surface area (Å²) in [4.78, 5) is 6.51. The summed E-state index contributed by atoms with van der Waals surface area (Å²) in [5.74, 6) is 2.35. The van der Waals surface area contributed by atoms with E-state index in [9.17, 15) is 0 Å². The van der Waals surface area contributed by atoms with Crippen molar-refractivity contribution in [3.63, 3.8) is 0 Å². The second-order valence-corrected chi connectivity index (χ2v) is 5.49. The van der Waals surface area contributed by atoms with Gasteiger partial charge in [-0.2, -0.15) is 16.7 Å². The van der Waals surface area contributed by atoms with Crippen molar-refractivity contribution in [2.75, 3.05) is 24.0 Å². The molecule has 0 radical (unpaired) electrons. The van der Waals surface area contributed by atoms with E-state index in [1.165, 1.54) is 0 Å². The monoisotopic (exact) mass is 277 g/mol. The first-order valence-corrected chi connectivity index (χ1v) is 7.72. The first-order chi connectivity index (χ1) is 9.22. The lowest BCUT2D eigenvalue weighted by atomic mass is 10.2. The van der Waals surface area contributed by atoms with Crippen LogP contribution in [0, 0.1) is 0 Å². The number of anilines is 1. The minimum absolute atomic E-state index is 0.397. The van der Waals surface area contributed by atoms with Crippen molar-refractivity contribution >= 4 is 17.7 Å². The topological polar surface area (TPSA) is 42.2 Å². The van der Waals surface area contributed by atoms with Gasteiger partial charge in [0.05, 0.1) is 0 Å². The molecule has 0 bridgehead atoms. The SMILES string of the molecule is CSCCC(C)N(C)c1noc(-c2ccccc2)n1. The number of hydrogen-bond donors (Lipinski definition) is 0. The minimum atomic E-state index is 0.397. The van der Waals surface area contributed by atoms with Crippen LogP contribution in [0.15, 0.2) is 34.9 Å². The molecule has 4 nitrogen and oxygen atoms in total. The number of thioether (sulfide) groups is 1. The summed E-state index contributed by atoms with van der Waals surface area (Å²) >= 11 is 1.85. The normalized spacial score (nSPS) is 12.4. The zero-order valence-electron chi connectivity index (χ0n) is 11.5. The number of nitrogens with zero attached hydrogens (tertiary/aromatic N) is 3. The predicted molar refractivity (Wildman–Crippen MR) is 80.6 cm³/mol. The maximum atomic E-state index is 5.32. The van der Waals surface area contributed by atoms with Crippen molar-refractivity contribution in [1.29, 1.82) is 0 Å². The highest BCUT2D eigenvalue weighted by Crippen LogP contribution is 2.21. The summed E-state index contributed by atoms with van der Waals surface area (Å²) < 4.78 is 5.32. The fourth-order valence-electron chi connectivity index (χ4n) is 1.74. The Balaban J connectivity index is 2.08. The molecule has 0 aliphatic carbocycles. The van der Waals surface area contributed by atoms with Crippen LogP contribution in [0.2, 0.25) is 0 Å². The molecule has 1 heterocycles. The van der Waals surface area contributed by atoms with Gasteiger partial charge in [-0.15, -0.1) is 0 Å². The fraction of sp³-hybridized carbons (Fsp3) is 0.429. The van der Waals surface area contributed by atoms with Crippen molar-refractivity contribution in [3.8, 4) is 11.5 Å². The molecule has 1 aromatic carbocycles. The molecular weight excluding hydrogens is 258 g/mol. The van der Waals surface area contributed by atoms with Gasteiger partial charge in [0.15, 0.2) is 0 Å². The van der Waals surface area contributed by atoms with Crippen molar-refractivity contribution in [2.45, 2.75) is 19.4 Å². The molecule has 2 aromatic rings. The summed E-state index contributed by atoms with van der Waals surface area (Å²) in [6, 6.07) is 10.2. The second-order valence-electron chi connectivity index (χ2n) is 4.51. The molecule has 19 heavy (non-hydrogen) atoms. The molecule has 0 aliphatic heterocycles. The average molecular weight is 277 g/mol. The van der Waals surface area contributed by atoms with Crippen molar-refractivity contribution < 1.29 is 4.52 Å². The zero-order chi connectivity index (χ0) is 13.7. The lowest BCUT2D eigenvalue weighted by molar-refractivity contribution is 0.428. The molecule has 0 saturated heterocycles. The molecule has 102 valence electrons. The van der Waals surface area contributed by atoms with Crippen LogP contribution in [0.25, 0.3) is 11.5 Å². The smallest absolute Gasteiger partial charge is 0.266 e. The van der Waals surface area contributed by atoms with E-state index in [4.69, 9.17) is 4.52 Å². The Morgan fingerprint density at radius 1 is 1.32 bits per heavy atom. The van der Waals surface area contributed by atoms with Crippen molar-refractivity contribution in [2.24, 2.45) is 0 Å². The number of hydrogen-bond acceptors (Lipinski definition) is 5. The van der Waals surface area contributed by atoms with Gasteiger partial charge >= 0.3 is 0 Å². The molecule has 0 aliphatic rings. The maximum absolute atomic E-state index is 5.32. The molecule has 5 heteroatoms. The van der Waals surface area contributed by atoms with Crippen LogP contribution in [-0.2, 0) is 0 Å². The van der Waals surface area contributed by atoms with E-state index in [0.717, 1.165) is 17.7 Å². The second kappa shape index (κ2) is 6.61. The summed E-state index contributed by atoms with van der Waals surface area (Å²) in [6.07, 6.45) is 3.22. The van der Waals surface area contributed by atoms with E-state index in [0.29, 0.717) is 17.9 Å². The molecular formula is C14H19N3OS. The van der Waals surface area contributed by atoms with Crippen LogP contribution in [0.4, 0.5) is 5.95 Å². The molecule has 1 atom stereocenters. The molecule has 0 N–H and O–H groups in total. The van der Waals surface area contributed by atoms with E-state index in [-0.39, 0.29) is 0 Å². The summed E-state index contributed by atoms with van der Waals surface area (Å²) in [5.41, 5.74) is 0.950. The van der Waals surface area contributed by atoms with Crippen LogP contribution >= 0.6 is 11.8 Å². The first-order valence-electron chi connectivity index (χ1n) is 6.33. The Morgan fingerprint density at radius 3 is 2.74 bits per heavy atom. The van der Waals surface area contributed by atoms with Crippen molar-refractivity contribution in [1.82, 2.24) is 10.1 Å². The minimum Gasteiger partial charge on any atom is -0.339 e. The van der Waals surface area contributed by atoms with E-state index in [1.54, 1.807) is 0 Å². The molecule has 0 fully saturated rings.